The minimum absolute atomic E-state index is 0.237. The topological polar surface area (TPSA) is 20.3 Å². The molecule has 1 amide bonds. The van der Waals surface area contributed by atoms with Crippen LogP contribution < -0.4 is 4.90 Å². The van der Waals surface area contributed by atoms with E-state index in [-0.39, 0.29) is 5.91 Å². The quantitative estimate of drug-likeness (QED) is 0.786. The van der Waals surface area contributed by atoms with Crippen LogP contribution in [-0.2, 0) is 10.2 Å². The summed E-state index contributed by atoms with van der Waals surface area (Å²) >= 11 is 0. The molecule has 2 nitrogen and oxygen atoms in total. The molecule has 0 saturated heterocycles. The van der Waals surface area contributed by atoms with Crippen LogP contribution in [0.25, 0.3) is 0 Å². The fourth-order valence-corrected chi connectivity index (χ4v) is 4.78. The number of nitrogens with zero attached hydrogens (tertiary/aromatic N) is 1. The highest BCUT2D eigenvalue weighted by Crippen LogP contribution is 2.50. The summed E-state index contributed by atoms with van der Waals surface area (Å²) in [4.78, 5) is 15.4. The first-order valence-corrected chi connectivity index (χ1v) is 9.16. The Morgan fingerprint density at radius 3 is 2.38 bits per heavy atom. The lowest BCUT2D eigenvalue weighted by atomic mass is 9.67. The van der Waals surface area contributed by atoms with Crippen LogP contribution in [0.4, 0.5) is 5.69 Å². The van der Waals surface area contributed by atoms with Gasteiger partial charge in [0, 0.05) is 12.7 Å². The second kappa shape index (κ2) is 6.08. The highest BCUT2D eigenvalue weighted by molar-refractivity contribution is 6.10. The number of amides is 1. The Morgan fingerprint density at radius 1 is 0.958 bits per heavy atom. The van der Waals surface area contributed by atoms with E-state index in [1.807, 2.05) is 24.1 Å². The maximum absolute atomic E-state index is 13.5. The number of rotatable bonds is 3. The number of para-hydroxylation sites is 1. The van der Waals surface area contributed by atoms with Gasteiger partial charge in [-0.05, 0) is 29.5 Å². The summed E-state index contributed by atoms with van der Waals surface area (Å²) < 4.78 is 0. The molecule has 0 N–H and O–H groups in total. The van der Waals surface area contributed by atoms with Gasteiger partial charge in [-0.15, -0.1) is 0 Å². The van der Waals surface area contributed by atoms with Crippen molar-refractivity contribution in [2.75, 3.05) is 11.9 Å². The number of carbonyl (C=O) groups excluding carboxylic acids is 1. The summed E-state index contributed by atoms with van der Waals surface area (Å²) in [6.07, 6.45) is 7.42. The van der Waals surface area contributed by atoms with Gasteiger partial charge in [-0.25, -0.2) is 0 Å². The number of fused-ring (bicyclic) bond motifs is 1. The molecular formula is C22H25NO. The van der Waals surface area contributed by atoms with E-state index in [9.17, 15) is 4.79 Å². The van der Waals surface area contributed by atoms with Crippen LogP contribution >= 0.6 is 0 Å². The lowest BCUT2D eigenvalue weighted by Gasteiger charge is -2.34. The SMILES string of the molecule is CN1C(=O)C(CC2CCCCC2)(c2ccccc2)c2ccccc21. The molecule has 4 rings (SSSR count). The smallest absolute Gasteiger partial charge is 0.241 e. The third-order valence-corrected chi connectivity index (χ3v) is 5.98. The molecule has 2 aliphatic rings. The number of carbonyl (C=O) groups is 1. The number of likely N-dealkylation sites (N-methyl/N-ethyl adjacent to an activating group) is 1. The summed E-state index contributed by atoms with van der Waals surface area (Å²) in [5, 5.41) is 0. The standard InChI is InChI=1S/C22H25NO/c1-23-20-15-9-8-14-19(20)22(21(23)24,18-12-6-3-7-13-18)16-17-10-4-2-5-11-17/h3,6-9,12-15,17H,2,4-5,10-11,16H2,1H3. The minimum Gasteiger partial charge on any atom is -0.314 e. The van der Waals surface area contributed by atoms with Crippen molar-refractivity contribution in [3.8, 4) is 0 Å². The second-order valence-corrected chi connectivity index (χ2v) is 7.36. The van der Waals surface area contributed by atoms with E-state index in [1.165, 1.54) is 37.7 Å². The highest BCUT2D eigenvalue weighted by Gasteiger charge is 2.51. The Bertz CT molecular complexity index is 733. The molecule has 24 heavy (non-hydrogen) atoms. The summed E-state index contributed by atoms with van der Waals surface area (Å²) in [6.45, 7) is 0. The Labute approximate surface area is 144 Å². The van der Waals surface area contributed by atoms with Gasteiger partial charge >= 0.3 is 0 Å². The molecule has 2 aromatic rings. The predicted molar refractivity (Wildman–Crippen MR) is 98.3 cm³/mol. The van der Waals surface area contributed by atoms with Crippen LogP contribution in [0, 0.1) is 5.92 Å². The van der Waals surface area contributed by atoms with Crippen molar-refractivity contribution < 1.29 is 4.79 Å². The van der Waals surface area contributed by atoms with E-state index < -0.39 is 5.41 Å². The molecule has 0 aromatic heterocycles. The largest absolute Gasteiger partial charge is 0.314 e. The van der Waals surface area contributed by atoms with Gasteiger partial charge in [0.1, 0.15) is 5.41 Å². The third kappa shape index (κ3) is 2.28. The molecule has 1 unspecified atom stereocenters. The van der Waals surface area contributed by atoms with E-state index in [0.717, 1.165) is 17.7 Å². The van der Waals surface area contributed by atoms with Gasteiger partial charge in [0.2, 0.25) is 5.91 Å². The molecule has 1 fully saturated rings. The maximum Gasteiger partial charge on any atom is 0.241 e. The van der Waals surface area contributed by atoms with Gasteiger partial charge in [0.25, 0.3) is 0 Å². The zero-order valence-electron chi connectivity index (χ0n) is 14.4. The fraction of sp³-hybridized carbons (Fsp3) is 0.409. The number of hydrogen-bond donors (Lipinski definition) is 0. The molecule has 1 aliphatic carbocycles. The van der Waals surface area contributed by atoms with Crippen molar-refractivity contribution >= 4 is 11.6 Å². The molecule has 0 bridgehead atoms. The van der Waals surface area contributed by atoms with E-state index in [0.29, 0.717) is 5.92 Å². The van der Waals surface area contributed by atoms with Crippen LogP contribution in [0.3, 0.4) is 0 Å². The van der Waals surface area contributed by atoms with E-state index in [2.05, 4.69) is 42.5 Å². The molecule has 0 spiro atoms. The van der Waals surface area contributed by atoms with Crippen LogP contribution in [0.2, 0.25) is 0 Å². The monoisotopic (exact) mass is 319 g/mol. The molecule has 124 valence electrons. The number of benzene rings is 2. The Hall–Kier alpha value is -2.09. The zero-order chi connectivity index (χ0) is 16.6. The van der Waals surface area contributed by atoms with Gasteiger partial charge in [-0.2, -0.15) is 0 Å². The van der Waals surface area contributed by atoms with E-state index in [1.54, 1.807) is 0 Å². The Balaban J connectivity index is 1.86. The lowest BCUT2D eigenvalue weighted by molar-refractivity contribution is -0.122. The Morgan fingerprint density at radius 2 is 1.62 bits per heavy atom. The van der Waals surface area contributed by atoms with Gasteiger partial charge < -0.3 is 4.90 Å². The first-order valence-electron chi connectivity index (χ1n) is 9.16. The van der Waals surface area contributed by atoms with E-state index in [4.69, 9.17) is 0 Å². The van der Waals surface area contributed by atoms with Crippen LogP contribution in [0.1, 0.15) is 49.7 Å². The average molecular weight is 319 g/mol. The van der Waals surface area contributed by atoms with Crippen molar-refractivity contribution in [2.45, 2.75) is 43.9 Å². The Kier molecular flexibility index (Phi) is 3.91. The second-order valence-electron chi connectivity index (χ2n) is 7.36. The van der Waals surface area contributed by atoms with Crippen LogP contribution in [0.5, 0.6) is 0 Å². The molecule has 2 aromatic carbocycles. The minimum atomic E-state index is -0.505. The van der Waals surface area contributed by atoms with Gasteiger partial charge in [0.05, 0.1) is 0 Å². The fourth-order valence-electron chi connectivity index (χ4n) is 4.78. The summed E-state index contributed by atoms with van der Waals surface area (Å²) in [6, 6.07) is 18.8. The summed E-state index contributed by atoms with van der Waals surface area (Å²) in [7, 11) is 1.92. The molecule has 1 saturated carbocycles. The molecule has 1 heterocycles. The predicted octanol–water partition coefficient (Wildman–Crippen LogP) is 4.92. The molecule has 2 heteroatoms. The van der Waals surface area contributed by atoms with Gasteiger partial charge in [0.15, 0.2) is 0 Å². The summed E-state index contributed by atoms with van der Waals surface area (Å²) in [5.74, 6) is 0.878. The molecule has 0 radical (unpaired) electrons. The normalized spacial score (nSPS) is 24.2. The molecular weight excluding hydrogens is 294 g/mol. The van der Waals surface area contributed by atoms with Crippen molar-refractivity contribution in [1.82, 2.24) is 0 Å². The summed E-state index contributed by atoms with van der Waals surface area (Å²) in [5.41, 5.74) is 2.91. The maximum atomic E-state index is 13.5. The lowest BCUT2D eigenvalue weighted by Crippen LogP contribution is -2.41. The van der Waals surface area contributed by atoms with Crippen molar-refractivity contribution in [3.05, 3.63) is 65.7 Å². The average Bonchev–Trinajstić information content (AvgIpc) is 2.86. The first kappa shape index (κ1) is 15.4. The first-order chi connectivity index (χ1) is 11.7. The van der Waals surface area contributed by atoms with Crippen LogP contribution in [0.15, 0.2) is 54.6 Å². The molecule has 1 aliphatic heterocycles. The van der Waals surface area contributed by atoms with Crippen molar-refractivity contribution in [2.24, 2.45) is 5.92 Å². The van der Waals surface area contributed by atoms with Crippen molar-refractivity contribution in [3.63, 3.8) is 0 Å². The van der Waals surface area contributed by atoms with E-state index >= 15 is 0 Å². The highest BCUT2D eigenvalue weighted by atomic mass is 16.2. The zero-order valence-corrected chi connectivity index (χ0v) is 14.4. The van der Waals surface area contributed by atoms with Gasteiger partial charge in [-0.1, -0.05) is 80.6 Å². The third-order valence-electron chi connectivity index (χ3n) is 5.98. The molecule has 1 atom stereocenters. The van der Waals surface area contributed by atoms with Gasteiger partial charge in [-0.3, -0.25) is 4.79 Å². The van der Waals surface area contributed by atoms with Crippen molar-refractivity contribution in [1.29, 1.82) is 0 Å². The van der Waals surface area contributed by atoms with Crippen LogP contribution in [-0.4, -0.2) is 13.0 Å². The number of hydrogen-bond acceptors (Lipinski definition) is 1. The number of anilines is 1.